The Balaban J connectivity index is 1.39. The van der Waals surface area contributed by atoms with Gasteiger partial charge in [0.25, 0.3) is 11.6 Å². The summed E-state index contributed by atoms with van der Waals surface area (Å²) in [6, 6.07) is -6.83. The molecule has 38 nitrogen and oxygen atoms in total. The number of amides is 4. The first-order chi connectivity index (χ1) is 58.3. The second-order valence-corrected chi connectivity index (χ2v) is 33.2. The Morgan fingerprint density at radius 2 is 0.861 bits per heavy atom. The number of hydrogen-bond donors (Lipinski definition) is 22. The van der Waals surface area contributed by atoms with Crippen LogP contribution < -0.4 is 21.3 Å². The SMILES string of the molecule is CCCCCCCC/C=C\CCCCCCCCCCCCCC(=O)N[C@@H](CO[C@@H]1O[C@H](CO)[C@@H](O[C@@H]2O[C@H](CO)[C@H](O[C@@H]3O[C@H](CO)[C@H](O)[C@H](O)[C@H]3NC(C)=O)[C@H](O[C@]3(C(=O)O)C[C@H](O)[C@@H](NC(C)=O)C([C@H](O)[C@@H](CO)O[C@]4(C(=O)O)C[C@H](O)[C@@H](NC(C)=O)C([C@H](O)[C@H](O)CO)O4)O3)[C@H]2O)[C@H](O)[C@H]1O)[C@H](O)/C=C/CCCCCCCCCCCCC. The highest BCUT2D eigenvalue weighted by atomic mass is 16.8. The molecule has 5 aliphatic rings. The summed E-state index contributed by atoms with van der Waals surface area (Å²) < 4.78 is 60.0. The minimum atomic E-state index is -3.59. The molecule has 0 radical (unpaired) electrons. The Morgan fingerprint density at radius 1 is 0.443 bits per heavy atom. The van der Waals surface area contributed by atoms with E-state index in [2.05, 4.69) is 47.3 Å². The molecule has 0 aromatic heterocycles. The van der Waals surface area contributed by atoms with Crippen LogP contribution in [0.4, 0.5) is 0 Å². The highest BCUT2D eigenvalue weighted by molar-refractivity contribution is 5.78. The number of allylic oxidation sites excluding steroid dienone is 3. The molecular formula is C84H148N4O34. The van der Waals surface area contributed by atoms with Crippen molar-refractivity contribution in [2.45, 2.75) is 430 Å². The van der Waals surface area contributed by atoms with Gasteiger partial charge in [-0.25, -0.2) is 9.59 Å². The number of aliphatic carboxylic acids is 2. The van der Waals surface area contributed by atoms with Gasteiger partial charge >= 0.3 is 11.9 Å². The fourth-order valence-electron chi connectivity index (χ4n) is 16.2. The molecule has 708 valence electrons. The van der Waals surface area contributed by atoms with E-state index in [1.807, 2.05) is 0 Å². The molecule has 0 spiro atoms. The molecule has 0 saturated carbocycles. The number of ether oxygens (including phenoxy) is 10. The predicted octanol–water partition coefficient (Wildman–Crippen LogP) is 0.424. The van der Waals surface area contributed by atoms with E-state index in [1.54, 1.807) is 6.08 Å². The van der Waals surface area contributed by atoms with Crippen LogP contribution in [-0.4, -0.2) is 344 Å². The molecular weight excluding hydrogens is 1610 g/mol. The van der Waals surface area contributed by atoms with Crippen LogP contribution in [0.2, 0.25) is 0 Å². The first kappa shape index (κ1) is 108. The third-order valence-corrected chi connectivity index (χ3v) is 23.1. The van der Waals surface area contributed by atoms with Crippen LogP contribution in [0, 0.1) is 0 Å². The maximum atomic E-state index is 14.2. The van der Waals surface area contributed by atoms with Gasteiger partial charge in [-0.05, 0) is 44.9 Å². The van der Waals surface area contributed by atoms with E-state index < -0.39 is 265 Å². The van der Waals surface area contributed by atoms with Crippen LogP contribution in [0.15, 0.2) is 24.3 Å². The van der Waals surface area contributed by atoms with Crippen molar-refractivity contribution >= 4 is 35.6 Å². The molecule has 0 aromatic rings. The monoisotopic (exact) mass is 1760 g/mol. The molecule has 5 fully saturated rings. The highest BCUT2D eigenvalue weighted by Gasteiger charge is 2.64. The lowest BCUT2D eigenvalue weighted by atomic mass is 9.87. The highest BCUT2D eigenvalue weighted by Crippen LogP contribution is 2.43. The van der Waals surface area contributed by atoms with Gasteiger partial charge in [-0.3, -0.25) is 19.2 Å². The van der Waals surface area contributed by atoms with Gasteiger partial charge in [0, 0.05) is 40.0 Å². The molecule has 0 aromatic carbocycles. The molecule has 2 unspecified atom stereocenters. The zero-order chi connectivity index (χ0) is 90.1. The van der Waals surface area contributed by atoms with Crippen LogP contribution in [0.25, 0.3) is 0 Å². The van der Waals surface area contributed by atoms with Gasteiger partial charge in [-0.2, -0.15) is 0 Å². The Labute approximate surface area is 715 Å². The Kier molecular flexibility index (Phi) is 50.6. The maximum absolute atomic E-state index is 14.2. The first-order valence-electron chi connectivity index (χ1n) is 44.4. The van der Waals surface area contributed by atoms with Crippen molar-refractivity contribution in [2.24, 2.45) is 0 Å². The van der Waals surface area contributed by atoms with Gasteiger partial charge in [0.05, 0.1) is 76.1 Å². The molecule has 5 aliphatic heterocycles. The normalized spacial score (nSPS) is 32.3. The molecule has 5 heterocycles. The summed E-state index contributed by atoms with van der Waals surface area (Å²) in [7, 11) is 0. The summed E-state index contributed by atoms with van der Waals surface area (Å²) in [4.78, 5) is 79.2. The number of hydrogen-bond acceptors (Lipinski definition) is 32. The van der Waals surface area contributed by atoms with Crippen LogP contribution in [0.3, 0.4) is 0 Å². The van der Waals surface area contributed by atoms with Crippen molar-refractivity contribution in [3.05, 3.63) is 24.3 Å². The largest absolute Gasteiger partial charge is 0.477 e. The summed E-state index contributed by atoms with van der Waals surface area (Å²) in [5.74, 6) is -14.6. The number of aliphatic hydroxyl groups excluding tert-OH is 16. The number of carboxylic acid groups (broad SMARTS) is 2. The fraction of sp³-hybridized carbons (Fsp3) is 0.881. The standard InChI is InChI=1S/C84H148N4O34/c1-6-8-10-12-14-16-18-20-21-22-23-24-25-26-27-29-31-33-35-37-39-41-62(101)88-53(54(97)40-38-36-34-32-30-28-19-17-15-13-11-9-7-2)49-113-79-71(107)70(106)73(60(47-92)115-79)117-80-72(108)77(74(61(48-93)116-80)118-78-65(87-52(5)96)69(105)67(103)58(45-90)114-78)122-84(82(111)112)43-56(99)64(86-51(4)95)76(121-84)68(104)59(46-91)119-83(81(109)110)42-55(98)63(85-50(3)94)75(120-83)66(102)57(100)44-89/h20-21,38,40,53-61,63-80,89-93,97-100,102-108H,6-19,22-37,39,41-49H2,1-5H3,(H,85,94)(H,86,95)(H,87,96)(H,88,101)(H,109,110)(H,111,112)/b21-20-,40-38+/t53-,54+,55-,56-,57+,58+,59+,60+,61+,63+,64+,65+,66+,67-,68+,69+,70+,71+,72+,73+,74-,75?,76?,77+,78-,79+,80-,83+,84-/m0/s1. The van der Waals surface area contributed by atoms with E-state index >= 15 is 0 Å². The predicted molar refractivity (Wildman–Crippen MR) is 435 cm³/mol. The molecule has 29 atom stereocenters. The van der Waals surface area contributed by atoms with E-state index in [0.717, 1.165) is 97.8 Å². The zero-order valence-electron chi connectivity index (χ0n) is 71.8. The third-order valence-electron chi connectivity index (χ3n) is 23.1. The van der Waals surface area contributed by atoms with Crippen LogP contribution in [-0.2, 0) is 76.1 Å². The van der Waals surface area contributed by atoms with E-state index in [9.17, 15) is 121 Å². The summed E-state index contributed by atoms with van der Waals surface area (Å²) in [5.41, 5.74) is 0. The number of carbonyl (C=O) groups excluding carboxylic acids is 4. The lowest BCUT2D eigenvalue weighted by Gasteiger charge is -2.52. The summed E-state index contributed by atoms with van der Waals surface area (Å²) >= 11 is 0. The Hall–Kier alpha value is -4.74. The van der Waals surface area contributed by atoms with Crippen LogP contribution in [0.5, 0.6) is 0 Å². The molecule has 22 N–H and O–H groups in total. The third kappa shape index (κ3) is 34.0. The number of aliphatic hydroxyl groups is 16. The van der Waals surface area contributed by atoms with Crippen LogP contribution in [0.1, 0.15) is 253 Å². The molecule has 4 amide bonds. The number of rotatable bonds is 61. The molecule has 38 heteroatoms. The number of unbranched alkanes of at least 4 members (excludes halogenated alkanes) is 28. The van der Waals surface area contributed by atoms with E-state index in [1.165, 1.54) is 115 Å². The molecule has 0 aliphatic carbocycles. The maximum Gasteiger partial charge on any atom is 0.364 e. The van der Waals surface area contributed by atoms with Crippen molar-refractivity contribution in [1.82, 2.24) is 21.3 Å². The van der Waals surface area contributed by atoms with Crippen molar-refractivity contribution in [3.8, 4) is 0 Å². The van der Waals surface area contributed by atoms with Crippen molar-refractivity contribution < 1.29 is 168 Å². The lowest BCUT2D eigenvalue weighted by Crippen LogP contribution is -2.72. The average molecular weight is 1760 g/mol. The number of carboxylic acids is 2. The van der Waals surface area contributed by atoms with Crippen molar-refractivity contribution in [3.63, 3.8) is 0 Å². The van der Waals surface area contributed by atoms with Crippen LogP contribution >= 0.6 is 0 Å². The quantitative estimate of drug-likeness (QED) is 0.0290. The Bertz CT molecular complexity index is 3020. The number of nitrogens with one attached hydrogen (secondary N) is 4. The van der Waals surface area contributed by atoms with Gasteiger partial charge in [0.1, 0.15) is 110 Å². The van der Waals surface area contributed by atoms with E-state index in [-0.39, 0.29) is 6.42 Å². The minimum Gasteiger partial charge on any atom is -0.477 e. The summed E-state index contributed by atoms with van der Waals surface area (Å²) in [5, 5.41) is 213. The summed E-state index contributed by atoms with van der Waals surface area (Å²) in [6.07, 6.45) is -10.0. The molecule has 122 heavy (non-hydrogen) atoms. The van der Waals surface area contributed by atoms with Gasteiger partial charge < -0.3 is 161 Å². The zero-order valence-corrected chi connectivity index (χ0v) is 71.8. The second kappa shape index (κ2) is 57.2. The molecule has 5 saturated heterocycles. The number of carbonyl (C=O) groups is 6. The van der Waals surface area contributed by atoms with Gasteiger partial charge in [0.2, 0.25) is 23.6 Å². The lowest BCUT2D eigenvalue weighted by molar-refractivity contribution is -0.402. The second-order valence-electron chi connectivity index (χ2n) is 33.2. The molecule has 0 bridgehead atoms. The van der Waals surface area contributed by atoms with E-state index in [4.69, 9.17) is 47.4 Å². The fourth-order valence-corrected chi connectivity index (χ4v) is 16.2. The summed E-state index contributed by atoms with van der Waals surface area (Å²) in [6.45, 7) is 0.536. The topological polar surface area (TPSA) is 607 Å². The van der Waals surface area contributed by atoms with E-state index in [0.29, 0.717) is 12.8 Å². The van der Waals surface area contributed by atoms with Crippen molar-refractivity contribution in [1.29, 1.82) is 0 Å². The van der Waals surface area contributed by atoms with Gasteiger partial charge in [-0.1, -0.05) is 192 Å². The minimum absolute atomic E-state index is 0.109. The molecule has 5 rings (SSSR count). The first-order valence-corrected chi connectivity index (χ1v) is 44.4. The Morgan fingerprint density at radius 3 is 1.33 bits per heavy atom. The van der Waals surface area contributed by atoms with Crippen molar-refractivity contribution in [2.75, 3.05) is 39.6 Å². The average Bonchev–Trinajstić information content (AvgIpc) is 0.745. The van der Waals surface area contributed by atoms with Gasteiger partial charge in [0.15, 0.2) is 18.9 Å². The smallest absolute Gasteiger partial charge is 0.364 e. The van der Waals surface area contributed by atoms with Gasteiger partial charge in [-0.15, -0.1) is 0 Å².